The number of amides is 2. The molecule has 2 rings (SSSR count). The molecule has 1 aromatic rings. The predicted octanol–water partition coefficient (Wildman–Crippen LogP) is 1.53. The van der Waals surface area contributed by atoms with Gasteiger partial charge in [-0.05, 0) is 18.6 Å². The smallest absolute Gasteiger partial charge is 0.415 e. The first-order valence-corrected chi connectivity index (χ1v) is 5.67. The summed E-state index contributed by atoms with van der Waals surface area (Å²) < 4.78 is 4.96. The molecule has 1 aliphatic heterocycles. The minimum absolute atomic E-state index is 0.243. The number of ether oxygens (including phenoxy) is 1. The third kappa shape index (κ3) is 2.07. The summed E-state index contributed by atoms with van der Waals surface area (Å²) in [5.74, 6) is -0.589. The normalized spacial score (nSPS) is 17.2. The van der Waals surface area contributed by atoms with Crippen molar-refractivity contribution >= 4 is 23.8 Å². The molecule has 2 N–H and O–H groups in total. The highest BCUT2D eigenvalue weighted by molar-refractivity contribution is 6.02. The molecule has 0 radical (unpaired) electrons. The zero-order chi connectivity index (χ0) is 13.1. The van der Waals surface area contributed by atoms with Crippen molar-refractivity contribution in [1.29, 1.82) is 0 Å². The molecule has 5 heteroatoms. The lowest BCUT2D eigenvalue weighted by atomic mass is 10.0. The van der Waals surface area contributed by atoms with E-state index >= 15 is 0 Å². The fourth-order valence-electron chi connectivity index (χ4n) is 1.91. The van der Waals surface area contributed by atoms with Crippen molar-refractivity contribution in [2.75, 3.05) is 11.5 Å². The van der Waals surface area contributed by atoms with Crippen LogP contribution in [-0.4, -0.2) is 24.6 Å². The van der Waals surface area contributed by atoms with Crippen LogP contribution >= 0.6 is 0 Å². The Morgan fingerprint density at radius 2 is 2.11 bits per heavy atom. The van der Waals surface area contributed by atoms with Crippen molar-refractivity contribution in [2.24, 2.45) is 5.73 Å². The van der Waals surface area contributed by atoms with E-state index in [4.69, 9.17) is 10.5 Å². The van der Waals surface area contributed by atoms with Gasteiger partial charge in [0.05, 0.1) is 12.3 Å². The highest BCUT2D eigenvalue weighted by Gasteiger charge is 2.32. The molecule has 0 saturated carbocycles. The molecule has 18 heavy (non-hydrogen) atoms. The average molecular weight is 246 g/mol. The van der Waals surface area contributed by atoms with Crippen LogP contribution in [0.15, 0.2) is 30.3 Å². The molecule has 0 bridgehead atoms. The molecule has 0 fully saturated rings. The number of anilines is 1. The molecule has 0 aliphatic carbocycles. The maximum Gasteiger partial charge on any atom is 0.415 e. The number of hydrogen-bond acceptors (Lipinski definition) is 3. The molecule has 94 valence electrons. The molecule has 1 unspecified atom stereocenters. The van der Waals surface area contributed by atoms with Gasteiger partial charge in [0.2, 0.25) is 5.91 Å². The number of nitrogens with zero attached hydrogens (tertiary/aromatic N) is 1. The number of primary amides is 1. The molecular formula is C13H14N2O3. The summed E-state index contributed by atoms with van der Waals surface area (Å²) in [5.41, 5.74) is 6.79. The minimum Gasteiger partial charge on any atom is -0.449 e. The Morgan fingerprint density at radius 1 is 1.39 bits per heavy atom. The second kappa shape index (κ2) is 4.91. The van der Waals surface area contributed by atoms with Crippen LogP contribution in [-0.2, 0) is 9.53 Å². The second-order valence-electron chi connectivity index (χ2n) is 3.83. The zero-order valence-corrected chi connectivity index (χ0v) is 10.00. The van der Waals surface area contributed by atoms with Crippen molar-refractivity contribution in [2.45, 2.75) is 13.0 Å². The largest absolute Gasteiger partial charge is 0.449 e. The van der Waals surface area contributed by atoms with Crippen LogP contribution in [0.25, 0.3) is 6.08 Å². The maximum atomic E-state index is 11.9. The highest BCUT2D eigenvalue weighted by Crippen LogP contribution is 2.29. The van der Waals surface area contributed by atoms with E-state index in [0.29, 0.717) is 5.69 Å². The number of para-hydroxylation sites is 1. The fraction of sp³-hybridized carbons (Fsp3) is 0.231. The molecule has 0 spiro atoms. The van der Waals surface area contributed by atoms with E-state index in [2.05, 4.69) is 0 Å². The third-order valence-corrected chi connectivity index (χ3v) is 2.69. The maximum absolute atomic E-state index is 11.9. The van der Waals surface area contributed by atoms with Crippen LogP contribution < -0.4 is 10.6 Å². The first-order valence-electron chi connectivity index (χ1n) is 5.67. The fourth-order valence-corrected chi connectivity index (χ4v) is 1.91. The van der Waals surface area contributed by atoms with Crippen LogP contribution in [0.3, 0.4) is 0 Å². The third-order valence-electron chi connectivity index (χ3n) is 2.69. The Bertz CT molecular complexity index is 511. The minimum atomic E-state index is -0.807. The molecule has 0 aromatic heterocycles. The van der Waals surface area contributed by atoms with Gasteiger partial charge in [0.15, 0.2) is 0 Å². The zero-order valence-electron chi connectivity index (χ0n) is 10.00. The number of rotatable bonds is 2. The Balaban J connectivity index is 2.45. The van der Waals surface area contributed by atoms with E-state index in [1.54, 1.807) is 31.2 Å². The summed E-state index contributed by atoms with van der Waals surface area (Å²) in [6.45, 7) is 1.95. The van der Waals surface area contributed by atoms with E-state index < -0.39 is 18.0 Å². The summed E-state index contributed by atoms with van der Waals surface area (Å²) in [6, 6.07) is 6.46. The summed E-state index contributed by atoms with van der Waals surface area (Å²) in [5, 5.41) is 0. The average Bonchev–Trinajstić information content (AvgIpc) is 2.37. The first kappa shape index (κ1) is 12.2. The van der Waals surface area contributed by atoms with Crippen LogP contribution in [0.2, 0.25) is 0 Å². The van der Waals surface area contributed by atoms with Gasteiger partial charge in [-0.25, -0.2) is 4.79 Å². The molecule has 1 aromatic carbocycles. The standard InChI is InChI=1S/C13H14N2O3/c1-2-18-13(17)15-10-6-4-3-5-9(10)7-8-11(15)12(14)16/h3-8,11H,2H2,1H3,(H2,14,16). The molecule has 0 saturated heterocycles. The van der Waals surface area contributed by atoms with Gasteiger partial charge in [-0.3, -0.25) is 9.69 Å². The van der Waals surface area contributed by atoms with Gasteiger partial charge in [-0.1, -0.05) is 30.4 Å². The lowest BCUT2D eigenvalue weighted by Gasteiger charge is -2.30. The molecule has 1 atom stereocenters. The molecule has 1 aliphatic rings. The molecule has 5 nitrogen and oxygen atoms in total. The van der Waals surface area contributed by atoms with E-state index in [-0.39, 0.29) is 6.61 Å². The van der Waals surface area contributed by atoms with Gasteiger partial charge in [0.1, 0.15) is 6.04 Å². The molecular weight excluding hydrogens is 232 g/mol. The van der Waals surface area contributed by atoms with Crippen molar-refractivity contribution in [3.8, 4) is 0 Å². The lowest BCUT2D eigenvalue weighted by molar-refractivity contribution is -0.118. The quantitative estimate of drug-likeness (QED) is 0.860. The van der Waals surface area contributed by atoms with Crippen molar-refractivity contribution in [3.63, 3.8) is 0 Å². The van der Waals surface area contributed by atoms with Gasteiger partial charge in [0, 0.05) is 0 Å². The number of carbonyl (C=O) groups excluding carboxylic acids is 2. The summed E-state index contributed by atoms with van der Waals surface area (Å²) in [6.07, 6.45) is 2.81. The van der Waals surface area contributed by atoms with Crippen molar-refractivity contribution in [3.05, 3.63) is 35.9 Å². The van der Waals surface area contributed by atoms with Crippen LogP contribution in [0.1, 0.15) is 12.5 Å². The van der Waals surface area contributed by atoms with E-state index in [1.807, 2.05) is 12.1 Å². The SMILES string of the molecule is CCOC(=O)N1c2ccccc2C=CC1C(N)=O. The number of hydrogen-bond donors (Lipinski definition) is 1. The highest BCUT2D eigenvalue weighted by atomic mass is 16.6. The van der Waals surface area contributed by atoms with E-state index in [0.717, 1.165) is 5.56 Å². The Morgan fingerprint density at radius 3 is 2.78 bits per heavy atom. The van der Waals surface area contributed by atoms with E-state index in [1.165, 1.54) is 4.90 Å². The lowest BCUT2D eigenvalue weighted by Crippen LogP contribution is -2.48. The molecule has 1 heterocycles. The van der Waals surface area contributed by atoms with E-state index in [9.17, 15) is 9.59 Å². The Kier molecular flexibility index (Phi) is 3.32. The number of nitrogens with two attached hydrogens (primary N) is 1. The summed E-state index contributed by atoms with van der Waals surface area (Å²) in [7, 11) is 0. The Labute approximate surface area is 105 Å². The summed E-state index contributed by atoms with van der Waals surface area (Å²) >= 11 is 0. The van der Waals surface area contributed by atoms with Crippen LogP contribution in [0.5, 0.6) is 0 Å². The van der Waals surface area contributed by atoms with Gasteiger partial charge in [0.25, 0.3) is 0 Å². The second-order valence-corrected chi connectivity index (χ2v) is 3.83. The summed E-state index contributed by atoms with van der Waals surface area (Å²) in [4.78, 5) is 24.6. The first-order chi connectivity index (χ1) is 8.65. The van der Waals surface area contributed by atoms with Gasteiger partial charge in [-0.15, -0.1) is 0 Å². The number of fused-ring (bicyclic) bond motifs is 1. The van der Waals surface area contributed by atoms with Crippen LogP contribution in [0, 0.1) is 0 Å². The molecule has 2 amide bonds. The number of benzene rings is 1. The van der Waals surface area contributed by atoms with Crippen LogP contribution in [0.4, 0.5) is 10.5 Å². The van der Waals surface area contributed by atoms with Gasteiger partial charge in [-0.2, -0.15) is 0 Å². The topological polar surface area (TPSA) is 72.6 Å². The Hall–Kier alpha value is -2.30. The number of carbonyl (C=O) groups is 2. The monoisotopic (exact) mass is 246 g/mol. The van der Waals surface area contributed by atoms with Gasteiger partial charge >= 0.3 is 6.09 Å². The van der Waals surface area contributed by atoms with Crippen molar-refractivity contribution in [1.82, 2.24) is 0 Å². The predicted molar refractivity (Wildman–Crippen MR) is 68.0 cm³/mol. The van der Waals surface area contributed by atoms with Crippen molar-refractivity contribution < 1.29 is 14.3 Å². The van der Waals surface area contributed by atoms with Gasteiger partial charge < -0.3 is 10.5 Å².